The second-order valence-corrected chi connectivity index (χ2v) is 8.01. The second kappa shape index (κ2) is 9.84. The van der Waals surface area contributed by atoms with Gasteiger partial charge in [0.25, 0.3) is 5.91 Å². The predicted octanol–water partition coefficient (Wildman–Crippen LogP) is 2.09. The summed E-state index contributed by atoms with van der Waals surface area (Å²) in [5.41, 5.74) is 0.779. The SMILES string of the molecule is CCOC(=O)c1cc(OCC(=O)N2CCC[C@H]2C(=O)NC2CCC2)n(-c2ccccc2)n1. The number of nitrogens with one attached hydrogen (secondary N) is 1. The molecule has 2 amide bonds. The van der Waals surface area contributed by atoms with Gasteiger partial charge in [-0.1, -0.05) is 18.2 Å². The monoisotopic (exact) mass is 440 g/mol. The molecule has 2 aromatic rings. The van der Waals surface area contributed by atoms with Crippen LogP contribution in [0.25, 0.3) is 5.69 Å². The van der Waals surface area contributed by atoms with Crippen LogP contribution in [-0.2, 0) is 14.3 Å². The standard InChI is InChI=1S/C23H28N4O5/c1-2-31-23(30)18-14-21(27(25-18)17-10-4-3-5-11-17)32-15-20(28)26-13-7-12-19(26)22(29)24-16-8-6-9-16/h3-5,10-11,14,16,19H,2,6-9,12-13,15H2,1H3,(H,24,29)/t19-/m0/s1. The lowest BCUT2D eigenvalue weighted by Gasteiger charge is -2.30. The van der Waals surface area contributed by atoms with Crippen molar-refractivity contribution in [3.63, 3.8) is 0 Å². The molecule has 1 saturated heterocycles. The maximum Gasteiger partial charge on any atom is 0.358 e. The van der Waals surface area contributed by atoms with Crippen molar-refractivity contribution in [2.24, 2.45) is 0 Å². The van der Waals surface area contributed by atoms with Gasteiger partial charge in [-0.25, -0.2) is 9.48 Å². The number of hydrogen-bond donors (Lipinski definition) is 1. The minimum absolute atomic E-state index is 0.0838. The molecule has 1 aliphatic heterocycles. The van der Waals surface area contributed by atoms with Crippen LogP contribution in [0, 0.1) is 0 Å². The first-order valence-corrected chi connectivity index (χ1v) is 11.1. The van der Waals surface area contributed by atoms with Crippen molar-refractivity contribution in [1.82, 2.24) is 20.0 Å². The average molecular weight is 441 g/mol. The number of para-hydroxylation sites is 1. The lowest BCUT2D eigenvalue weighted by atomic mass is 9.93. The fraction of sp³-hybridized carbons (Fsp3) is 0.478. The Bertz CT molecular complexity index is 970. The van der Waals surface area contributed by atoms with E-state index in [9.17, 15) is 14.4 Å². The Morgan fingerprint density at radius 1 is 1.12 bits per heavy atom. The molecule has 1 aromatic heterocycles. The van der Waals surface area contributed by atoms with E-state index in [0.29, 0.717) is 18.7 Å². The second-order valence-electron chi connectivity index (χ2n) is 8.01. The summed E-state index contributed by atoms with van der Waals surface area (Å²) in [5.74, 6) is -0.665. The van der Waals surface area contributed by atoms with Gasteiger partial charge >= 0.3 is 5.97 Å². The Morgan fingerprint density at radius 2 is 1.91 bits per heavy atom. The summed E-state index contributed by atoms with van der Waals surface area (Å²) in [4.78, 5) is 39.2. The number of nitrogens with zero attached hydrogens (tertiary/aromatic N) is 3. The van der Waals surface area contributed by atoms with Crippen LogP contribution in [0.2, 0.25) is 0 Å². The number of benzene rings is 1. The van der Waals surface area contributed by atoms with E-state index in [1.807, 2.05) is 30.3 Å². The molecule has 170 valence electrons. The Labute approximate surface area is 186 Å². The van der Waals surface area contributed by atoms with Crippen molar-refractivity contribution >= 4 is 17.8 Å². The normalized spacial score (nSPS) is 18.2. The highest BCUT2D eigenvalue weighted by Crippen LogP contribution is 2.23. The van der Waals surface area contributed by atoms with E-state index in [-0.39, 0.29) is 42.6 Å². The van der Waals surface area contributed by atoms with Crippen molar-refractivity contribution < 1.29 is 23.9 Å². The van der Waals surface area contributed by atoms with Crippen molar-refractivity contribution in [3.8, 4) is 11.6 Å². The van der Waals surface area contributed by atoms with E-state index in [1.54, 1.807) is 11.8 Å². The zero-order valence-electron chi connectivity index (χ0n) is 18.2. The summed E-state index contributed by atoms with van der Waals surface area (Å²) in [6, 6.07) is 10.4. The fourth-order valence-electron chi connectivity index (χ4n) is 3.93. The van der Waals surface area contributed by atoms with Gasteiger partial charge in [0.15, 0.2) is 12.3 Å². The first-order valence-electron chi connectivity index (χ1n) is 11.1. The molecule has 4 rings (SSSR count). The maximum atomic E-state index is 12.9. The number of ether oxygens (including phenoxy) is 2. The van der Waals surface area contributed by atoms with Crippen molar-refractivity contribution in [3.05, 3.63) is 42.1 Å². The van der Waals surface area contributed by atoms with Crippen molar-refractivity contribution in [2.75, 3.05) is 19.8 Å². The number of hydrogen-bond acceptors (Lipinski definition) is 6. The number of esters is 1. The third-order valence-corrected chi connectivity index (χ3v) is 5.83. The smallest absolute Gasteiger partial charge is 0.358 e. The molecule has 2 fully saturated rings. The number of amides is 2. The largest absolute Gasteiger partial charge is 0.467 e. The highest BCUT2D eigenvalue weighted by molar-refractivity contribution is 5.89. The highest BCUT2D eigenvalue weighted by Gasteiger charge is 2.35. The third-order valence-electron chi connectivity index (χ3n) is 5.83. The molecule has 1 atom stereocenters. The van der Waals surface area contributed by atoms with Gasteiger partial charge in [0.1, 0.15) is 6.04 Å². The summed E-state index contributed by atoms with van der Waals surface area (Å²) < 4.78 is 12.3. The van der Waals surface area contributed by atoms with E-state index in [2.05, 4.69) is 10.4 Å². The van der Waals surface area contributed by atoms with Crippen LogP contribution < -0.4 is 10.1 Å². The van der Waals surface area contributed by atoms with E-state index < -0.39 is 12.0 Å². The summed E-state index contributed by atoms with van der Waals surface area (Å²) >= 11 is 0. The number of carbonyl (C=O) groups excluding carboxylic acids is 3. The van der Waals surface area contributed by atoms with Crippen LogP contribution in [0.5, 0.6) is 5.88 Å². The van der Waals surface area contributed by atoms with Gasteiger partial charge in [0.2, 0.25) is 11.8 Å². The molecule has 0 unspecified atom stereocenters. The summed E-state index contributed by atoms with van der Waals surface area (Å²) in [6.07, 6.45) is 4.57. The van der Waals surface area contributed by atoms with Crippen molar-refractivity contribution in [2.45, 2.75) is 51.1 Å². The number of carbonyl (C=O) groups is 3. The topological polar surface area (TPSA) is 103 Å². The molecule has 1 aliphatic carbocycles. The van der Waals surface area contributed by atoms with Crippen LogP contribution in [0.1, 0.15) is 49.5 Å². The van der Waals surface area contributed by atoms with Crippen LogP contribution in [-0.4, -0.2) is 64.3 Å². The van der Waals surface area contributed by atoms with Gasteiger partial charge in [-0.05, 0) is 51.2 Å². The number of likely N-dealkylation sites (tertiary alicyclic amines) is 1. The first kappa shape index (κ1) is 21.9. The molecule has 9 heteroatoms. The minimum Gasteiger partial charge on any atom is -0.467 e. The van der Waals surface area contributed by atoms with Crippen LogP contribution in [0.15, 0.2) is 36.4 Å². The molecule has 0 spiro atoms. The summed E-state index contributed by atoms with van der Waals surface area (Å²) in [5, 5.41) is 7.33. The molecule has 1 aromatic carbocycles. The molecule has 1 saturated carbocycles. The van der Waals surface area contributed by atoms with Crippen LogP contribution in [0.4, 0.5) is 0 Å². The fourth-order valence-corrected chi connectivity index (χ4v) is 3.93. The van der Waals surface area contributed by atoms with Gasteiger partial charge in [-0.2, -0.15) is 5.10 Å². The lowest BCUT2D eigenvalue weighted by molar-refractivity contribution is -0.140. The van der Waals surface area contributed by atoms with E-state index in [1.165, 1.54) is 10.7 Å². The molecule has 1 N–H and O–H groups in total. The summed E-state index contributed by atoms with van der Waals surface area (Å²) in [7, 11) is 0. The Kier molecular flexibility index (Phi) is 6.72. The van der Waals surface area contributed by atoms with Crippen LogP contribution in [0.3, 0.4) is 0 Å². The zero-order chi connectivity index (χ0) is 22.5. The Morgan fingerprint density at radius 3 is 2.59 bits per heavy atom. The number of aromatic nitrogens is 2. The Balaban J connectivity index is 1.45. The number of rotatable bonds is 8. The molecule has 2 aliphatic rings. The lowest BCUT2D eigenvalue weighted by Crippen LogP contribution is -2.51. The molecular formula is C23H28N4O5. The molecule has 32 heavy (non-hydrogen) atoms. The van der Waals surface area contributed by atoms with Gasteiger partial charge in [0, 0.05) is 18.7 Å². The Hall–Kier alpha value is -3.36. The van der Waals surface area contributed by atoms with Crippen LogP contribution >= 0.6 is 0 Å². The van der Waals surface area contributed by atoms with E-state index in [0.717, 1.165) is 25.7 Å². The van der Waals surface area contributed by atoms with Crippen molar-refractivity contribution in [1.29, 1.82) is 0 Å². The molecular weight excluding hydrogens is 412 g/mol. The third kappa shape index (κ3) is 4.76. The highest BCUT2D eigenvalue weighted by atomic mass is 16.5. The zero-order valence-corrected chi connectivity index (χ0v) is 18.2. The average Bonchev–Trinajstić information content (AvgIpc) is 3.43. The molecule has 2 heterocycles. The molecule has 0 radical (unpaired) electrons. The molecule has 0 bridgehead atoms. The van der Waals surface area contributed by atoms with E-state index >= 15 is 0 Å². The van der Waals surface area contributed by atoms with Gasteiger partial charge in [-0.3, -0.25) is 9.59 Å². The first-order chi connectivity index (χ1) is 15.6. The minimum atomic E-state index is -0.564. The van der Waals surface area contributed by atoms with Gasteiger partial charge in [0.05, 0.1) is 12.3 Å². The van der Waals surface area contributed by atoms with Gasteiger partial charge in [-0.15, -0.1) is 0 Å². The quantitative estimate of drug-likeness (QED) is 0.631. The maximum absolute atomic E-state index is 12.9. The predicted molar refractivity (Wildman–Crippen MR) is 116 cm³/mol. The molecule has 9 nitrogen and oxygen atoms in total. The van der Waals surface area contributed by atoms with Gasteiger partial charge < -0.3 is 19.7 Å². The summed E-state index contributed by atoms with van der Waals surface area (Å²) in [6.45, 7) is 2.21. The van der Waals surface area contributed by atoms with E-state index in [4.69, 9.17) is 9.47 Å².